The highest BCUT2D eigenvalue weighted by molar-refractivity contribution is 5.86. The lowest BCUT2D eigenvalue weighted by Gasteiger charge is -2.32. The average molecular weight is 305 g/mol. The summed E-state index contributed by atoms with van der Waals surface area (Å²) in [6.45, 7) is 7.01. The molecule has 0 unspecified atom stereocenters. The smallest absolute Gasteiger partial charge is 0.408 e. The van der Waals surface area contributed by atoms with E-state index >= 15 is 0 Å². The Morgan fingerprint density at radius 2 is 1.82 bits per heavy atom. The maximum Gasteiger partial charge on any atom is 0.408 e. The van der Waals surface area contributed by atoms with Crippen LogP contribution < -0.4 is 10.7 Å². The normalized spacial score (nSPS) is 16.3. The molecule has 2 N–H and O–H groups in total. The molecular formula is C16H23N3O3. The van der Waals surface area contributed by atoms with E-state index in [0.29, 0.717) is 5.56 Å². The van der Waals surface area contributed by atoms with Gasteiger partial charge in [0, 0.05) is 13.1 Å². The van der Waals surface area contributed by atoms with E-state index in [2.05, 4.69) is 10.7 Å². The second-order valence-corrected chi connectivity index (χ2v) is 6.31. The van der Waals surface area contributed by atoms with Crippen LogP contribution >= 0.6 is 0 Å². The highest BCUT2D eigenvalue weighted by atomic mass is 16.6. The van der Waals surface area contributed by atoms with Crippen molar-refractivity contribution in [1.29, 1.82) is 0 Å². The maximum absolute atomic E-state index is 12.4. The van der Waals surface area contributed by atoms with E-state index in [4.69, 9.17) is 4.74 Å². The Hall–Kier alpha value is -2.08. The Kier molecular flexibility index (Phi) is 5.03. The molecule has 1 fully saturated rings. The zero-order chi connectivity index (χ0) is 16.2. The molecule has 22 heavy (non-hydrogen) atoms. The third-order valence-electron chi connectivity index (χ3n) is 3.18. The van der Waals surface area contributed by atoms with Gasteiger partial charge in [-0.05, 0) is 32.8 Å². The number of rotatable bonds is 4. The molecule has 0 aromatic heterocycles. The van der Waals surface area contributed by atoms with E-state index in [1.807, 2.05) is 23.2 Å². The van der Waals surface area contributed by atoms with Gasteiger partial charge >= 0.3 is 6.09 Å². The minimum Gasteiger partial charge on any atom is -0.444 e. The number of benzene rings is 1. The van der Waals surface area contributed by atoms with Gasteiger partial charge in [-0.15, -0.1) is 0 Å². The largest absolute Gasteiger partial charge is 0.444 e. The van der Waals surface area contributed by atoms with Crippen molar-refractivity contribution >= 4 is 12.0 Å². The lowest BCUT2D eigenvalue weighted by Crippen LogP contribution is -2.53. The monoisotopic (exact) mass is 305 g/mol. The van der Waals surface area contributed by atoms with E-state index in [1.54, 1.807) is 32.9 Å². The van der Waals surface area contributed by atoms with Gasteiger partial charge in [-0.25, -0.2) is 9.80 Å². The summed E-state index contributed by atoms with van der Waals surface area (Å²) in [5.41, 5.74) is 2.91. The van der Waals surface area contributed by atoms with Gasteiger partial charge in [0.15, 0.2) is 0 Å². The molecule has 1 aromatic carbocycles. The zero-order valence-electron chi connectivity index (χ0n) is 13.3. The molecule has 2 amide bonds. The van der Waals surface area contributed by atoms with Gasteiger partial charge in [0.05, 0.1) is 0 Å². The van der Waals surface area contributed by atoms with Crippen LogP contribution in [0.1, 0.15) is 38.8 Å². The Balaban J connectivity index is 2.07. The number of carbonyl (C=O) groups is 2. The predicted molar refractivity (Wildman–Crippen MR) is 82.9 cm³/mol. The molecular weight excluding hydrogens is 282 g/mol. The van der Waals surface area contributed by atoms with Gasteiger partial charge in [0.25, 0.3) is 5.91 Å². The molecule has 0 spiro atoms. The molecule has 0 radical (unpaired) electrons. The van der Waals surface area contributed by atoms with Gasteiger partial charge in [-0.1, -0.05) is 30.3 Å². The molecule has 0 aliphatic carbocycles. The summed E-state index contributed by atoms with van der Waals surface area (Å²) in [6.07, 6.45) is 0.454. The first-order chi connectivity index (χ1) is 10.3. The summed E-state index contributed by atoms with van der Waals surface area (Å²) in [7, 11) is 0. The fraction of sp³-hybridized carbons (Fsp3) is 0.500. The second kappa shape index (κ2) is 6.79. The van der Waals surface area contributed by atoms with Gasteiger partial charge in [0.2, 0.25) is 0 Å². The molecule has 1 heterocycles. The van der Waals surface area contributed by atoms with Crippen LogP contribution in [0, 0.1) is 0 Å². The van der Waals surface area contributed by atoms with Crippen LogP contribution in [0.3, 0.4) is 0 Å². The fourth-order valence-corrected chi connectivity index (χ4v) is 2.02. The number of carbonyl (C=O) groups excluding carboxylic acids is 2. The highest BCUT2D eigenvalue weighted by Gasteiger charge is 2.28. The number of amides is 2. The molecule has 1 atom stereocenters. The van der Waals surface area contributed by atoms with Crippen molar-refractivity contribution in [3.8, 4) is 0 Å². The molecule has 2 rings (SSSR count). The van der Waals surface area contributed by atoms with Crippen LogP contribution in [0.4, 0.5) is 4.79 Å². The molecule has 1 aliphatic rings. The van der Waals surface area contributed by atoms with Gasteiger partial charge < -0.3 is 10.1 Å². The van der Waals surface area contributed by atoms with Crippen LogP contribution in [-0.4, -0.2) is 35.7 Å². The van der Waals surface area contributed by atoms with Crippen LogP contribution in [0.25, 0.3) is 0 Å². The highest BCUT2D eigenvalue weighted by Crippen LogP contribution is 2.15. The summed E-state index contributed by atoms with van der Waals surface area (Å²) in [4.78, 5) is 24.4. The Morgan fingerprint density at radius 1 is 1.18 bits per heavy atom. The summed E-state index contributed by atoms with van der Waals surface area (Å²) in [5, 5.41) is 4.47. The first-order valence-corrected chi connectivity index (χ1v) is 7.45. The fourth-order valence-electron chi connectivity index (χ4n) is 2.02. The number of hydrogen-bond acceptors (Lipinski definition) is 4. The van der Waals surface area contributed by atoms with Gasteiger partial charge in [-0.2, -0.15) is 0 Å². The summed E-state index contributed by atoms with van der Waals surface area (Å²) in [5.74, 6) is -0.267. The van der Waals surface area contributed by atoms with Gasteiger partial charge in [-0.3, -0.25) is 10.2 Å². The van der Waals surface area contributed by atoms with E-state index < -0.39 is 17.7 Å². The molecule has 6 heteroatoms. The number of nitrogens with zero attached hydrogens (tertiary/aromatic N) is 1. The van der Waals surface area contributed by atoms with Crippen LogP contribution in [0.5, 0.6) is 0 Å². The predicted octanol–water partition coefficient (Wildman–Crippen LogP) is 1.99. The quantitative estimate of drug-likeness (QED) is 0.892. The minimum atomic E-state index is -0.781. The molecule has 6 nitrogen and oxygen atoms in total. The molecule has 0 bridgehead atoms. The SMILES string of the molecule is CC(C)(C)OC(=O)N[C@@H](C(=O)NN1CCC1)c1ccccc1. The molecule has 1 aliphatic heterocycles. The van der Waals surface area contributed by atoms with Crippen LogP contribution in [0.2, 0.25) is 0 Å². The average Bonchev–Trinajstić information content (AvgIpc) is 2.39. The lowest BCUT2D eigenvalue weighted by molar-refractivity contribution is -0.130. The van der Waals surface area contributed by atoms with E-state index in [9.17, 15) is 9.59 Å². The second-order valence-electron chi connectivity index (χ2n) is 6.31. The van der Waals surface area contributed by atoms with Crippen molar-refractivity contribution in [2.45, 2.75) is 38.8 Å². The van der Waals surface area contributed by atoms with Crippen molar-refractivity contribution in [2.24, 2.45) is 0 Å². The first-order valence-electron chi connectivity index (χ1n) is 7.45. The topological polar surface area (TPSA) is 70.7 Å². The van der Waals surface area contributed by atoms with Crippen LogP contribution in [0.15, 0.2) is 30.3 Å². The summed E-state index contributed by atoms with van der Waals surface area (Å²) >= 11 is 0. The number of ether oxygens (including phenoxy) is 1. The molecule has 1 aromatic rings. The Bertz CT molecular complexity index is 521. The molecule has 1 saturated heterocycles. The number of hydrogen-bond donors (Lipinski definition) is 2. The van der Waals surface area contributed by atoms with Crippen LogP contribution in [-0.2, 0) is 9.53 Å². The Morgan fingerprint density at radius 3 is 2.32 bits per heavy atom. The van der Waals surface area contributed by atoms with Crippen molar-refractivity contribution in [2.75, 3.05) is 13.1 Å². The number of nitrogens with one attached hydrogen (secondary N) is 2. The first kappa shape index (κ1) is 16.3. The lowest BCUT2D eigenvalue weighted by atomic mass is 10.1. The van der Waals surface area contributed by atoms with E-state index in [-0.39, 0.29) is 5.91 Å². The van der Waals surface area contributed by atoms with Crippen molar-refractivity contribution < 1.29 is 14.3 Å². The number of alkyl carbamates (subject to hydrolysis) is 1. The third kappa shape index (κ3) is 4.73. The summed E-state index contributed by atoms with van der Waals surface area (Å²) in [6, 6.07) is 8.35. The summed E-state index contributed by atoms with van der Waals surface area (Å²) < 4.78 is 5.24. The maximum atomic E-state index is 12.4. The number of hydrazine groups is 1. The minimum absolute atomic E-state index is 0.267. The molecule has 0 saturated carbocycles. The third-order valence-corrected chi connectivity index (χ3v) is 3.18. The van der Waals surface area contributed by atoms with Gasteiger partial charge in [0.1, 0.15) is 11.6 Å². The standard InChI is InChI=1S/C16H23N3O3/c1-16(2,3)22-15(21)17-13(12-8-5-4-6-9-12)14(20)18-19-10-7-11-19/h4-6,8-9,13H,7,10-11H2,1-3H3,(H,17,21)(H,18,20)/t13-/m1/s1. The molecule has 120 valence electrons. The van der Waals surface area contributed by atoms with Crippen molar-refractivity contribution in [3.63, 3.8) is 0 Å². The van der Waals surface area contributed by atoms with E-state index in [0.717, 1.165) is 19.5 Å². The van der Waals surface area contributed by atoms with E-state index in [1.165, 1.54) is 0 Å². The van der Waals surface area contributed by atoms with Crippen molar-refractivity contribution in [1.82, 2.24) is 15.8 Å². The van der Waals surface area contributed by atoms with Crippen molar-refractivity contribution in [3.05, 3.63) is 35.9 Å². The zero-order valence-corrected chi connectivity index (χ0v) is 13.3. The Labute approximate surface area is 130 Å².